The van der Waals surface area contributed by atoms with Gasteiger partial charge in [0.15, 0.2) is 5.65 Å². The number of anilines is 1. The number of halogens is 2. The minimum Gasteiger partial charge on any atom is -0.467 e. The van der Waals surface area contributed by atoms with Crippen LogP contribution in [0.2, 0.25) is 0 Å². The van der Waals surface area contributed by atoms with Crippen molar-refractivity contribution in [1.82, 2.24) is 25.1 Å². The van der Waals surface area contributed by atoms with E-state index in [9.17, 15) is 13.6 Å². The van der Waals surface area contributed by atoms with Gasteiger partial charge < -0.3 is 15.1 Å². The molecule has 0 unspecified atom stereocenters. The van der Waals surface area contributed by atoms with E-state index in [0.717, 1.165) is 17.9 Å². The molecule has 2 N–H and O–H groups in total. The van der Waals surface area contributed by atoms with E-state index in [1.165, 1.54) is 12.4 Å². The number of furan rings is 1. The lowest BCUT2D eigenvalue weighted by molar-refractivity contribution is 0.0943. The number of amides is 1. The Balaban J connectivity index is 1.42. The lowest BCUT2D eigenvalue weighted by Gasteiger charge is -2.08. The molecule has 3 heterocycles. The molecule has 4 rings (SSSR count). The Kier molecular flexibility index (Phi) is 5.14. The van der Waals surface area contributed by atoms with Crippen molar-refractivity contribution in [3.63, 3.8) is 0 Å². The van der Waals surface area contributed by atoms with Crippen LogP contribution in [0.15, 0.2) is 53.5 Å². The number of aromatic nitrogens is 4. The van der Waals surface area contributed by atoms with Gasteiger partial charge >= 0.3 is 0 Å². The molecule has 0 atom stereocenters. The van der Waals surface area contributed by atoms with Crippen molar-refractivity contribution >= 4 is 22.8 Å². The minimum atomic E-state index is -0.910. The van der Waals surface area contributed by atoms with E-state index in [4.69, 9.17) is 4.42 Å². The van der Waals surface area contributed by atoms with Crippen molar-refractivity contribution in [1.29, 1.82) is 0 Å². The standard InChI is InChI=1S/C19H16F2N6O2/c20-14-4-1-5-15(21)16(14)19(28)22-6-7-27-18-13(10-26-27)17(24-11-25-18)23-9-12-3-2-8-29-12/h1-5,8,10-11H,6-7,9H2,(H,22,28)(H,23,24,25). The van der Waals surface area contributed by atoms with Crippen molar-refractivity contribution in [3.05, 3.63) is 72.1 Å². The first-order valence-electron chi connectivity index (χ1n) is 8.78. The summed E-state index contributed by atoms with van der Waals surface area (Å²) < 4.78 is 34.2. The molecule has 0 saturated heterocycles. The summed E-state index contributed by atoms with van der Waals surface area (Å²) in [4.78, 5) is 20.5. The number of nitrogens with zero attached hydrogens (tertiary/aromatic N) is 4. The quantitative estimate of drug-likeness (QED) is 0.497. The van der Waals surface area contributed by atoms with Gasteiger partial charge in [-0.3, -0.25) is 4.79 Å². The molecule has 0 aliphatic rings. The Morgan fingerprint density at radius 3 is 2.72 bits per heavy atom. The fourth-order valence-corrected chi connectivity index (χ4v) is 2.86. The zero-order chi connectivity index (χ0) is 20.2. The number of rotatable bonds is 7. The second-order valence-electron chi connectivity index (χ2n) is 6.11. The van der Waals surface area contributed by atoms with Crippen molar-refractivity contribution in [2.45, 2.75) is 13.1 Å². The highest BCUT2D eigenvalue weighted by atomic mass is 19.1. The third kappa shape index (κ3) is 3.91. The van der Waals surface area contributed by atoms with Gasteiger partial charge in [0, 0.05) is 6.54 Å². The third-order valence-corrected chi connectivity index (χ3v) is 4.24. The average Bonchev–Trinajstić information content (AvgIpc) is 3.36. The molecule has 0 aliphatic carbocycles. The largest absolute Gasteiger partial charge is 0.467 e. The summed E-state index contributed by atoms with van der Waals surface area (Å²) in [6.45, 7) is 0.830. The molecular weight excluding hydrogens is 382 g/mol. The summed E-state index contributed by atoms with van der Waals surface area (Å²) in [7, 11) is 0. The fraction of sp³-hybridized carbons (Fsp3) is 0.158. The SMILES string of the molecule is O=C(NCCn1ncc2c(NCc3ccco3)ncnc21)c1c(F)cccc1F. The molecule has 29 heavy (non-hydrogen) atoms. The summed E-state index contributed by atoms with van der Waals surface area (Å²) >= 11 is 0. The van der Waals surface area contributed by atoms with Gasteiger partial charge in [0.25, 0.3) is 5.91 Å². The van der Waals surface area contributed by atoms with Gasteiger partial charge in [-0.05, 0) is 24.3 Å². The Labute approximate surface area is 163 Å². The second kappa shape index (κ2) is 8.05. The van der Waals surface area contributed by atoms with Crippen LogP contribution in [0.1, 0.15) is 16.1 Å². The summed E-state index contributed by atoms with van der Waals surface area (Å²) in [6, 6.07) is 6.91. The maximum atomic E-state index is 13.7. The van der Waals surface area contributed by atoms with Gasteiger partial charge in [-0.2, -0.15) is 5.10 Å². The number of nitrogens with one attached hydrogen (secondary N) is 2. The zero-order valence-electron chi connectivity index (χ0n) is 15.1. The lowest BCUT2D eigenvalue weighted by Crippen LogP contribution is -2.29. The van der Waals surface area contributed by atoms with Crippen LogP contribution in [0.4, 0.5) is 14.6 Å². The summed E-state index contributed by atoms with van der Waals surface area (Å²) in [6.07, 6.45) is 4.60. The number of hydrogen-bond donors (Lipinski definition) is 2. The molecule has 4 aromatic rings. The summed E-state index contributed by atoms with van der Waals surface area (Å²) in [5.74, 6) is -1.30. The third-order valence-electron chi connectivity index (χ3n) is 4.24. The molecule has 148 valence electrons. The maximum Gasteiger partial charge on any atom is 0.257 e. The van der Waals surface area contributed by atoms with Gasteiger partial charge in [-0.25, -0.2) is 23.4 Å². The zero-order valence-corrected chi connectivity index (χ0v) is 15.1. The van der Waals surface area contributed by atoms with Crippen LogP contribution in [0.25, 0.3) is 11.0 Å². The molecule has 1 aromatic carbocycles. The van der Waals surface area contributed by atoms with E-state index in [1.54, 1.807) is 23.2 Å². The number of benzene rings is 1. The predicted molar refractivity (Wildman–Crippen MR) is 100 cm³/mol. The van der Waals surface area contributed by atoms with Gasteiger partial charge in [0.1, 0.15) is 35.1 Å². The number of fused-ring (bicyclic) bond motifs is 1. The van der Waals surface area contributed by atoms with Gasteiger partial charge in [0.05, 0.1) is 30.9 Å². The van der Waals surface area contributed by atoms with E-state index in [0.29, 0.717) is 23.4 Å². The molecular formula is C19H16F2N6O2. The highest BCUT2D eigenvalue weighted by Gasteiger charge is 2.17. The molecule has 10 heteroatoms. The lowest BCUT2D eigenvalue weighted by atomic mass is 10.2. The molecule has 8 nitrogen and oxygen atoms in total. The van der Waals surface area contributed by atoms with Crippen LogP contribution in [0.5, 0.6) is 0 Å². The molecule has 0 fully saturated rings. The highest BCUT2D eigenvalue weighted by molar-refractivity contribution is 5.94. The van der Waals surface area contributed by atoms with E-state index >= 15 is 0 Å². The molecule has 0 radical (unpaired) electrons. The van der Waals surface area contributed by atoms with Crippen LogP contribution in [-0.4, -0.2) is 32.2 Å². The Morgan fingerprint density at radius 1 is 1.14 bits per heavy atom. The topological polar surface area (TPSA) is 97.9 Å². The minimum absolute atomic E-state index is 0.114. The predicted octanol–water partition coefficient (Wildman–Crippen LogP) is 2.74. The first-order chi connectivity index (χ1) is 14.1. The normalized spacial score (nSPS) is 11.0. The number of carbonyl (C=O) groups is 1. The number of carbonyl (C=O) groups excluding carboxylic acids is 1. The average molecular weight is 398 g/mol. The monoisotopic (exact) mass is 398 g/mol. The molecule has 0 spiro atoms. The van der Waals surface area contributed by atoms with Gasteiger partial charge in [0.2, 0.25) is 0 Å². The fourth-order valence-electron chi connectivity index (χ4n) is 2.86. The summed E-state index contributed by atoms with van der Waals surface area (Å²) in [5, 5.41) is 10.6. The van der Waals surface area contributed by atoms with Crippen LogP contribution < -0.4 is 10.6 Å². The first kappa shape index (κ1) is 18.5. The van der Waals surface area contributed by atoms with Gasteiger partial charge in [-0.1, -0.05) is 6.07 Å². The molecule has 0 bridgehead atoms. The maximum absolute atomic E-state index is 13.7. The van der Waals surface area contributed by atoms with Crippen molar-refractivity contribution < 1.29 is 18.0 Å². The van der Waals surface area contributed by atoms with Crippen LogP contribution in [0, 0.1) is 11.6 Å². The summed E-state index contributed by atoms with van der Waals surface area (Å²) in [5.41, 5.74) is -0.0437. The van der Waals surface area contributed by atoms with E-state index in [1.807, 2.05) is 6.07 Å². The molecule has 0 aliphatic heterocycles. The van der Waals surface area contributed by atoms with E-state index in [2.05, 4.69) is 25.7 Å². The number of hydrogen-bond acceptors (Lipinski definition) is 6. The van der Waals surface area contributed by atoms with Crippen LogP contribution >= 0.6 is 0 Å². The molecule has 0 saturated carbocycles. The Bertz CT molecular complexity index is 1120. The van der Waals surface area contributed by atoms with Crippen molar-refractivity contribution in [2.75, 3.05) is 11.9 Å². The Morgan fingerprint density at radius 2 is 1.97 bits per heavy atom. The molecule has 3 aromatic heterocycles. The van der Waals surface area contributed by atoms with Crippen LogP contribution in [-0.2, 0) is 13.1 Å². The van der Waals surface area contributed by atoms with Crippen LogP contribution in [0.3, 0.4) is 0 Å². The van der Waals surface area contributed by atoms with Gasteiger partial charge in [-0.15, -0.1) is 0 Å². The second-order valence-corrected chi connectivity index (χ2v) is 6.11. The van der Waals surface area contributed by atoms with Crippen molar-refractivity contribution in [3.8, 4) is 0 Å². The molecule has 1 amide bonds. The highest BCUT2D eigenvalue weighted by Crippen LogP contribution is 2.19. The Hall–Kier alpha value is -3.82. The van der Waals surface area contributed by atoms with E-state index < -0.39 is 23.1 Å². The first-order valence-corrected chi connectivity index (χ1v) is 8.78. The van der Waals surface area contributed by atoms with Crippen molar-refractivity contribution in [2.24, 2.45) is 0 Å². The smallest absolute Gasteiger partial charge is 0.257 e. The van der Waals surface area contributed by atoms with E-state index in [-0.39, 0.29) is 13.1 Å².